The highest BCUT2D eigenvalue weighted by molar-refractivity contribution is 5.94. The standard InChI is InChI=1S/C11H16N2O4/c1-7-5-8(13(12)6-7)9(14)16-10(15)17-11(2,3)4/h5-6H,12H2,1-4H3. The van der Waals surface area contributed by atoms with E-state index in [1.165, 1.54) is 6.07 Å². The number of esters is 1. The van der Waals surface area contributed by atoms with Gasteiger partial charge in [-0.3, -0.25) is 4.68 Å². The predicted molar refractivity (Wildman–Crippen MR) is 61.0 cm³/mol. The molecular weight excluding hydrogens is 224 g/mol. The zero-order chi connectivity index (χ0) is 13.2. The number of hydrogen-bond donors (Lipinski definition) is 1. The second-order valence-electron chi connectivity index (χ2n) is 4.66. The number of aromatic nitrogens is 1. The van der Waals surface area contributed by atoms with Gasteiger partial charge < -0.3 is 15.3 Å². The van der Waals surface area contributed by atoms with Gasteiger partial charge in [-0.1, -0.05) is 0 Å². The Kier molecular flexibility index (Phi) is 3.45. The van der Waals surface area contributed by atoms with Crippen LogP contribution in [-0.4, -0.2) is 22.4 Å². The minimum atomic E-state index is -1.04. The zero-order valence-corrected chi connectivity index (χ0v) is 10.3. The average molecular weight is 240 g/mol. The fourth-order valence-corrected chi connectivity index (χ4v) is 1.18. The molecule has 17 heavy (non-hydrogen) atoms. The average Bonchev–Trinajstić information content (AvgIpc) is 2.41. The van der Waals surface area contributed by atoms with Gasteiger partial charge in [0, 0.05) is 6.20 Å². The van der Waals surface area contributed by atoms with Crippen LogP contribution < -0.4 is 5.84 Å². The van der Waals surface area contributed by atoms with E-state index >= 15 is 0 Å². The number of nitrogens with two attached hydrogens (primary N) is 1. The van der Waals surface area contributed by atoms with E-state index in [0.29, 0.717) is 0 Å². The molecule has 1 heterocycles. The highest BCUT2D eigenvalue weighted by atomic mass is 16.7. The topological polar surface area (TPSA) is 83.6 Å². The van der Waals surface area contributed by atoms with Crippen molar-refractivity contribution in [2.45, 2.75) is 33.3 Å². The van der Waals surface area contributed by atoms with Gasteiger partial charge in [-0.05, 0) is 39.3 Å². The Morgan fingerprint density at radius 2 is 1.94 bits per heavy atom. The van der Waals surface area contributed by atoms with Crippen LogP contribution in [0.15, 0.2) is 12.3 Å². The van der Waals surface area contributed by atoms with Crippen LogP contribution in [0.1, 0.15) is 36.8 Å². The molecule has 0 aliphatic heterocycles. The highest BCUT2D eigenvalue weighted by Gasteiger charge is 2.22. The Morgan fingerprint density at radius 3 is 2.35 bits per heavy atom. The second kappa shape index (κ2) is 4.48. The molecule has 6 nitrogen and oxygen atoms in total. The minimum absolute atomic E-state index is 0.0911. The molecule has 0 aromatic carbocycles. The minimum Gasteiger partial charge on any atom is -0.428 e. The summed E-state index contributed by atoms with van der Waals surface area (Å²) in [6, 6.07) is 1.52. The van der Waals surface area contributed by atoms with Gasteiger partial charge >= 0.3 is 12.1 Å². The third-order valence-corrected chi connectivity index (χ3v) is 1.76. The first-order chi connectivity index (χ1) is 7.69. The fourth-order valence-electron chi connectivity index (χ4n) is 1.18. The number of carbonyl (C=O) groups excluding carboxylic acids is 2. The lowest BCUT2D eigenvalue weighted by atomic mass is 10.2. The Hall–Kier alpha value is -1.98. The molecule has 1 aromatic heterocycles. The number of ether oxygens (including phenoxy) is 2. The molecule has 0 fully saturated rings. The zero-order valence-electron chi connectivity index (χ0n) is 10.3. The number of nitrogens with zero attached hydrogens (tertiary/aromatic N) is 1. The molecule has 0 spiro atoms. The van der Waals surface area contributed by atoms with Gasteiger partial charge in [-0.15, -0.1) is 0 Å². The van der Waals surface area contributed by atoms with Gasteiger partial charge in [-0.25, -0.2) is 9.59 Å². The first-order valence-corrected chi connectivity index (χ1v) is 5.08. The normalized spacial score (nSPS) is 11.1. The lowest BCUT2D eigenvalue weighted by Gasteiger charge is -2.18. The summed E-state index contributed by atoms with van der Waals surface area (Å²) in [5.41, 5.74) is 0.176. The smallest absolute Gasteiger partial charge is 0.428 e. The number of rotatable bonds is 1. The monoisotopic (exact) mass is 240 g/mol. The van der Waals surface area contributed by atoms with Crippen LogP contribution in [0.25, 0.3) is 0 Å². The van der Waals surface area contributed by atoms with Crippen molar-refractivity contribution in [3.8, 4) is 0 Å². The Bertz CT molecular complexity index is 443. The van der Waals surface area contributed by atoms with E-state index in [-0.39, 0.29) is 5.69 Å². The van der Waals surface area contributed by atoms with Crippen LogP contribution in [-0.2, 0) is 9.47 Å². The van der Waals surface area contributed by atoms with Crippen LogP contribution in [0, 0.1) is 6.92 Å². The van der Waals surface area contributed by atoms with Gasteiger partial charge in [0.2, 0.25) is 0 Å². The first-order valence-electron chi connectivity index (χ1n) is 5.08. The van der Waals surface area contributed by atoms with Crippen LogP contribution in [0.4, 0.5) is 4.79 Å². The molecule has 0 unspecified atom stereocenters. The number of nitrogen functional groups attached to an aromatic ring is 1. The predicted octanol–water partition coefficient (Wildman–Crippen LogP) is 1.60. The molecule has 0 radical (unpaired) electrons. The molecule has 0 saturated carbocycles. The molecule has 0 amide bonds. The van der Waals surface area contributed by atoms with Crippen molar-refractivity contribution in [2.75, 3.05) is 5.84 Å². The summed E-state index contributed by atoms with van der Waals surface area (Å²) in [6.45, 7) is 6.80. The summed E-state index contributed by atoms with van der Waals surface area (Å²) >= 11 is 0. The van der Waals surface area contributed by atoms with Crippen LogP contribution >= 0.6 is 0 Å². The summed E-state index contributed by atoms with van der Waals surface area (Å²) in [5, 5.41) is 0. The van der Waals surface area contributed by atoms with Gasteiger partial charge in [0.25, 0.3) is 0 Å². The summed E-state index contributed by atoms with van der Waals surface area (Å²) in [4.78, 5) is 22.8. The van der Waals surface area contributed by atoms with Gasteiger partial charge in [-0.2, -0.15) is 0 Å². The summed E-state index contributed by atoms with van der Waals surface area (Å²) < 4.78 is 10.4. The molecular formula is C11H16N2O4. The molecule has 0 aliphatic carbocycles. The van der Waals surface area contributed by atoms with Gasteiger partial charge in [0.1, 0.15) is 11.3 Å². The first kappa shape index (κ1) is 13.1. The lowest BCUT2D eigenvalue weighted by molar-refractivity contribution is -0.00192. The van der Waals surface area contributed by atoms with E-state index in [2.05, 4.69) is 4.74 Å². The maximum atomic E-state index is 11.6. The van der Waals surface area contributed by atoms with Crippen LogP contribution in [0.3, 0.4) is 0 Å². The fraction of sp³-hybridized carbons (Fsp3) is 0.455. The number of hydrogen-bond acceptors (Lipinski definition) is 5. The molecule has 0 atom stereocenters. The third kappa shape index (κ3) is 3.82. The van der Waals surface area contributed by atoms with Crippen molar-refractivity contribution >= 4 is 12.1 Å². The van der Waals surface area contributed by atoms with Crippen molar-refractivity contribution in [3.05, 3.63) is 23.5 Å². The van der Waals surface area contributed by atoms with E-state index < -0.39 is 17.7 Å². The maximum absolute atomic E-state index is 11.6. The van der Waals surface area contributed by atoms with E-state index in [4.69, 9.17) is 10.6 Å². The van der Waals surface area contributed by atoms with Crippen molar-refractivity contribution in [3.63, 3.8) is 0 Å². The molecule has 0 bridgehead atoms. The lowest BCUT2D eigenvalue weighted by Crippen LogP contribution is -2.27. The van der Waals surface area contributed by atoms with Gasteiger partial charge in [0.05, 0.1) is 0 Å². The van der Waals surface area contributed by atoms with Crippen molar-refractivity contribution < 1.29 is 19.1 Å². The highest BCUT2D eigenvalue weighted by Crippen LogP contribution is 2.11. The molecule has 6 heteroatoms. The number of carbonyl (C=O) groups is 2. The van der Waals surface area contributed by atoms with E-state index in [9.17, 15) is 9.59 Å². The summed E-state index contributed by atoms with van der Waals surface area (Å²) in [6.07, 6.45) is 0.507. The van der Waals surface area contributed by atoms with Gasteiger partial charge in [0.15, 0.2) is 0 Å². The number of aryl methyl sites for hydroxylation is 1. The van der Waals surface area contributed by atoms with E-state index in [1.54, 1.807) is 33.9 Å². The van der Waals surface area contributed by atoms with Crippen LogP contribution in [0.5, 0.6) is 0 Å². The third-order valence-electron chi connectivity index (χ3n) is 1.76. The van der Waals surface area contributed by atoms with E-state index in [1.807, 2.05) is 0 Å². The quantitative estimate of drug-likeness (QED) is 0.458. The van der Waals surface area contributed by atoms with Crippen molar-refractivity contribution in [2.24, 2.45) is 0 Å². The summed E-state index contributed by atoms with van der Waals surface area (Å²) in [5.74, 6) is 4.67. The van der Waals surface area contributed by atoms with Crippen LogP contribution in [0.2, 0.25) is 0 Å². The molecule has 1 aromatic rings. The SMILES string of the molecule is Cc1cc(C(=O)OC(=O)OC(C)(C)C)n(N)c1. The molecule has 2 N–H and O–H groups in total. The second-order valence-corrected chi connectivity index (χ2v) is 4.66. The Labute approximate surface area is 99.3 Å². The molecule has 94 valence electrons. The summed E-state index contributed by atoms with van der Waals surface area (Å²) in [7, 11) is 0. The Morgan fingerprint density at radius 1 is 1.35 bits per heavy atom. The molecule has 1 rings (SSSR count). The maximum Gasteiger partial charge on any atom is 0.516 e. The van der Waals surface area contributed by atoms with Crippen molar-refractivity contribution in [1.82, 2.24) is 4.68 Å². The van der Waals surface area contributed by atoms with E-state index in [0.717, 1.165) is 10.2 Å². The van der Waals surface area contributed by atoms with Crippen molar-refractivity contribution in [1.29, 1.82) is 0 Å². The largest absolute Gasteiger partial charge is 0.516 e. The Balaban J connectivity index is 2.67. The molecule has 0 saturated heterocycles. The molecule has 0 aliphatic rings.